The molecule has 2 N–H and O–H groups in total. The molecule has 6 rings (SSSR count). The zero-order valence-electron chi connectivity index (χ0n) is 21.8. The van der Waals surface area contributed by atoms with Gasteiger partial charge in [-0.1, -0.05) is 42.5 Å². The van der Waals surface area contributed by atoms with Crippen LogP contribution >= 0.6 is 0 Å². The Kier molecular flexibility index (Phi) is 6.61. The summed E-state index contributed by atoms with van der Waals surface area (Å²) >= 11 is 0. The fourth-order valence-electron chi connectivity index (χ4n) is 5.75. The number of carbonyl (C=O) groups excluding carboxylic acids is 4. The first-order valence-corrected chi connectivity index (χ1v) is 13.2. The van der Waals surface area contributed by atoms with Crippen molar-refractivity contribution in [3.8, 4) is 0 Å². The van der Waals surface area contributed by atoms with Gasteiger partial charge in [-0.05, 0) is 46.9 Å². The Bertz CT molecular complexity index is 1590. The number of imide groups is 2. The molecule has 0 saturated carbocycles. The third-order valence-electron chi connectivity index (χ3n) is 7.73. The molecule has 0 bridgehead atoms. The summed E-state index contributed by atoms with van der Waals surface area (Å²) in [6, 6.07) is 15.8. The third-order valence-corrected chi connectivity index (χ3v) is 7.73. The lowest BCUT2D eigenvalue weighted by molar-refractivity contribution is -0.138. The molecule has 8 nitrogen and oxygen atoms in total. The lowest BCUT2D eigenvalue weighted by Crippen LogP contribution is -2.54. The van der Waals surface area contributed by atoms with E-state index in [2.05, 4.69) is 10.6 Å². The molecule has 11 heteroatoms. The van der Waals surface area contributed by atoms with Crippen LogP contribution in [0.25, 0.3) is 0 Å². The van der Waals surface area contributed by atoms with E-state index in [-0.39, 0.29) is 30.5 Å². The first kappa shape index (κ1) is 26.7. The van der Waals surface area contributed by atoms with E-state index in [1.807, 2.05) is 29.2 Å². The normalized spacial score (nSPS) is 18.9. The van der Waals surface area contributed by atoms with Crippen molar-refractivity contribution in [2.24, 2.45) is 0 Å². The van der Waals surface area contributed by atoms with Gasteiger partial charge in [-0.3, -0.25) is 34.3 Å². The van der Waals surface area contributed by atoms with Crippen LogP contribution in [0.1, 0.15) is 61.4 Å². The van der Waals surface area contributed by atoms with Gasteiger partial charge in [-0.25, -0.2) is 0 Å². The second-order valence-corrected chi connectivity index (χ2v) is 10.4. The minimum absolute atomic E-state index is 0.0458. The van der Waals surface area contributed by atoms with E-state index in [1.165, 1.54) is 12.1 Å². The fourth-order valence-corrected chi connectivity index (χ4v) is 5.75. The second-order valence-electron chi connectivity index (χ2n) is 10.4. The van der Waals surface area contributed by atoms with Gasteiger partial charge in [0.2, 0.25) is 11.8 Å². The lowest BCUT2D eigenvalue weighted by Gasteiger charge is -2.27. The van der Waals surface area contributed by atoms with Crippen LogP contribution in [0.2, 0.25) is 0 Å². The maximum atomic E-state index is 13.4. The van der Waals surface area contributed by atoms with E-state index in [4.69, 9.17) is 0 Å². The van der Waals surface area contributed by atoms with E-state index in [0.717, 1.165) is 22.1 Å². The molecule has 3 aliphatic heterocycles. The van der Waals surface area contributed by atoms with Gasteiger partial charge >= 0.3 is 6.18 Å². The standard InChI is InChI=1S/C30H25F3N4O4/c31-30(32,33)22-5-1-3-19-15-36(16-21(19)22)14-18-9-7-17(8-10-18)13-34-23-6-2-4-20-26(23)29(41)37(28(20)40)24-11-12-25(38)35-27(24)39/h1-10,24,34H,11-16H2,(H,35,38,39). The van der Waals surface area contributed by atoms with Crippen molar-refractivity contribution in [2.75, 3.05) is 5.32 Å². The maximum absolute atomic E-state index is 13.4. The molecule has 1 fully saturated rings. The molecule has 0 aliphatic carbocycles. The first-order chi connectivity index (χ1) is 19.6. The molecular weight excluding hydrogens is 537 g/mol. The van der Waals surface area contributed by atoms with Gasteiger partial charge in [-0.2, -0.15) is 13.2 Å². The average Bonchev–Trinajstić information content (AvgIpc) is 3.46. The second kappa shape index (κ2) is 10.2. The number of nitrogens with one attached hydrogen (secondary N) is 2. The summed E-state index contributed by atoms with van der Waals surface area (Å²) in [6.45, 7) is 1.53. The summed E-state index contributed by atoms with van der Waals surface area (Å²) in [5.41, 5.74) is 3.14. The van der Waals surface area contributed by atoms with Gasteiger partial charge < -0.3 is 5.32 Å². The Morgan fingerprint density at radius 1 is 0.878 bits per heavy atom. The zero-order valence-corrected chi connectivity index (χ0v) is 21.8. The molecule has 1 saturated heterocycles. The summed E-state index contributed by atoms with van der Waals surface area (Å²) in [4.78, 5) is 53.1. The Morgan fingerprint density at radius 3 is 2.34 bits per heavy atom. The van der Waals surface area contributed by atoms with E-state index in [0.29, 0.717) is 36.4 Å². The smallest absolute Gasteiger partial charge is 0.380 e. The molecule has 0 spiro atoms. The van der Waals surface area contributed by atoms with Crippen molar-refractivity contribution in [3.05, 3.63) is 99.6 Å². The largest absolute Gasteiger partial charge is 0.416 e. The molecule has 3 heterocycles. The molecule has 4 amide bonds. The Morgan fingerprint density at radius 2 is 1.61 bits per heavy atom. The Labute approximate surface area is 233 Å². The van der Waals surface area contributed by atoms with Crippen LogP contribution in [-0.2, 0) is 41.9 Å². The summed E-state index contributed by atoms with van der Waals surface area (Å²) in [7, 11) is 0. The monoisotopic (exact) mass is 562 g/mol. The molecule has 1 atom stereocenters. The summed E-state index contributed by atoms with van der Waals surface area (Å²) in [6.07, 6.45) is -4.25. The van der Waals surface area contributed by atoms with Crippen LogP contribution in [0.5, 0.6) is 0 Å². The van der Waals surface area contributed by atoms with E-state index < -0.39 is 41.4 Å². The van der Waals surface area contributed by atoms with Gasteiger partial charge in [0, 0.05) is 38.3 Å². The number of nitrogens with zero attached hydrogens (tertiary/aromatic N) is 2. The Balaban J connectivity index is 1.11. The van der Waals surface area contributed by atoms with Crippen LogP contribution < -0.4 is 10.6 Å². The predicted molar refractivity (Wildman–Crippen MR) is 141 cm³/mol. The number of fused-ring (bicyclic) bond motifs is 2. The number of hydrogen-bond donors (Lipinski definition) is 2. The lowest BCUT2D eigenvalue weighted by atomic mass is 10.0. The van der Waals surface area contributed by atoms with Crippen molar-refractivity contribution in [2.45, 2.75) is 51.2 Å². The molecular formula is C30H25F3N4O4. The molecule has 0 radical (unpaired) electrons. The predicted octanol–water partition coefficient (Wildman–Crippen LogP) is 4.23. The highest BCUT2D eigenvalue weighted by molar-refractivity contribution is 6.25. The number of anilines is 1. The van der Waals surface area contributed by atoms with Gasteiger partial charge in [0.25, 0.3) is 11.8 Å². The molecule has 3 aromatic carbocycles. The first-order valence-electron chi connectivity index (χ1n) is 13.2. The van der Waals surface area contributed by atoms with E-state index in [1.54, 1.807) is 18.2 Å². The van der Waals surface area contributed by atoms with Crippen LogP contribution in [0.4, 0.5) is 18.9 Å². The fraction of sp³-hybridized carbons (Fsp3) is 0.267. The van der Waals surface area contributed by atoms with Gasteiger partial charge in [0.1, 0.15) is 6.04 Å². The van der Waals surface area contributed by atoms with E-state index >= 15 is 0 Å². The van der Waals surface area contributed by atoms with Crippen LogP contribution in [0.15, 0.2) is 60.7 Å². The highest BCUT2D eigenvalue weighted by atomic mass is 19.4. The molecule has 41 heavy (non-hydrogen) atoms. The molecule has 0 aromatic heterocycles. The third kappa shape index (κ3) is 4.97. The maximum Gasteiger partial charge on any atom is 0.416 e. The number of hydrogen-bond acceptors (Lipinski definition) is 6. The molecule has 3 aromatic rings. The molecule has 1 unspecified atom stereocenters. The quantitative estimate of drug-likeness (QED) is 0.437. The molecule has 210 valence electrons. The van der Waals surface area contributed by atoms with Crippen molar-refractivity contribution in [1.82, 2.24) is 15.1 Å². The minimum atomic E-state index is -4.38. The minimum Gasteiger partial charge on any atom is -0.380 e. The van der Waals surface area contributed by atoms with Gasteiger partial charge in [0.05, 0.1) is 16.7 Å². The SMILES string of the molecule is O=C1CCC(N2C(=O)c3cccc(NCc4ccc(CN5Cc6cccc(C(F)(F)F)c6C5)cc4)c3C2=O)C(=O)N1. The number of rotatable bonds is 6. The Hall–Kier alpha value is -4.51. The topological polar surface area (TPSA) is 98.8 Å². The van der Waals surface area contributed by atoms with Crippen molar-refractivity contribution < 1.29 is 32.3 Å². The number of alkyl halides is 3. The number of amides is 4. The number of piperidine rings is 1. The summed E-state index contributed by atoms with van der Waals surface area (Å²) < 4.78 is 40.2. The van der Waals surface area contributed by atoms with E-state index in [9.17, 15) is 32.3 Å². The van der Waals surface area contributed by atoms with Crippen LogP contribution in [0.3, 0.4) is 0 Å². The molecule has 3 aliphatic rings. The average molecular weight is 563 g/mol. The number of carbonyl (C=O) groups is 4. The highest BCUT2D eigenvalue weighted by Gasteiger charge is 2.45. The number of halogens is 3. The summed E-state index contributed by atoms with van der Waals surface area (Å²) in [5.74, 6) is -2.25. The summed E-state index contributed by atoms with van der Waals surface area (Å²) in [5, 5.41) is 5.40. The van der Waals surface area contributed by atoms with Gasteiger partial charge in [0.15, 0.2) is 0 Å². The van der Waals surface area contributed by atoms with Crippen molar-refractivity contribution >= 4 is 29.3 Å². The van der Waals surface area contributed by atoms with Gasteiger partial charge in [-0.15, -0.1) is 0 Å². The van der Waals surface area contributed by atoms with Crippen molar-refractivity contribution in [1.29, 1.82) is 0 Å². The zero-order chi connectivity index (χ0) is 28.9. The van der Waals surface area contributed by atoms with Crippen molar-refractivity contribution in [3.63, 3.8) is 0 Å². The number of benzene rings is 3. The van der Waals surface area contributed by atoms with Crippen LogP contribution in [0, 0.1) is 0 Å². The van der Waals surface area contributed by atoms with Crippen LogP contribution in [-0.4, -0.2) is 39.5 Å². The highest BCUT2D eigenvalue weighted by Crippen LogP contribution is 2.37.